The second-order valence-electron chi connectivity index (χ2n) is 3.64. The number of rotatable bonds is 4. The SMILES string of the molecule is C=C[C@@H](C)OC(=O)c1ccc(S(C)(=O)=O)cc1. The predicted molar refractivity (Wildman–Crippen MR) is 64.6 cm³/mol. The fraction of sp³-hybridized carbons (Fsp3) is 0.250. The van der Waals surface area contributed by atoms with Crippen LogP contribution in [0.1, 0.15) is 17.3 Å². The van der Waals surface area contributed by atoms with E-state index in [1.54, 1.807) is 6.92 Å². The van der Waals surface area contributed by atoms with E-state index in [2.05, 4.69) is 6.58 Å². The van der Waals surface area contributed by atoms with Gasteiger partial charge in [-0.05, 0) is 31.2 Å². The smallest absolute Gasteiger partial charge is 0.338 e. The first kappa shape index (κ1) is 13.4. The first-order valence-corrected chi connectivity index (χ1v) is 6.87. The quantitative estimate of drug-likeness (QED) is 0.607. The van der Waals surface area contributed by atoms with Gasteiger partial charge in [0.05, 0.1) is 10.5 Å². The van der Waals surface area contributed by atoms with Gasteiger partial charge in [-0.25, -0.2) is 13.2 Å². The lowest BCUT2D eigenvalue weighted by Gasteiger charge is -2.08. The van der Waals surface area contributed by atoms with Crippen LogP contribution in [0.4, 0.5) is 0 Å². The molecule has 5 heteroatoms. The van der Waals surface area contributed by atoms with Gasteiger partial charge in [-0.2, -0.15) is 0 Å². The average Bonchev–Trinajstić information content (AvgIpc) is 2.27. The Morgan fingerprint density at radius 2 is 1.88 bits per heavy atom. The molecular formula is C12H14O4S. The normalized spacial score (nSPS) is 12.8. The van der Waals surface area contributed by atoms with Gasteiger partial charge < -0.3 is 4.74 Å². The Bertz CT molecular complexity index is 514. The lowest BCUT2D eigenvalue weighted by atomic mass is 10.2. The van der Waals surface area contributed by atoms with Crippen molar-refractivity contribution in [3.05, 3.63) is 42.5 Å². The minimum absolute atomic E-state index is 0.172. The predicted octanol–water partition coefficient (Wildman–Crippen LogP) is 1.82. The summed E-state index contributed by atoms with van der Waals surface area (Å²) < 4.78 is 27.4. The zero-order valence-corrected chi connectivity index (χ0v) is 10.5. The second kappa shape index (κ2) is 5.14. The van der Waals surface area contributed by atoms with Crippen LogP contribution in [0, 0.1) is 0 Å². The molecule has 0 aliphatic rings. The van der Waals surface area contributed by atoms with Crippen molar-refractivity contribution in [3.63, 3.8) is 0 Å². The van der Waals surface area contributed by atoms with Crippen LogP contribution < -0.4 is 0 Å². The van der Waals surface area contributed by atoms with Gasteiger partial charge >= 0.3 is 5.97 Å². The van der Waals surface area contributed by atoms with Crippen molar-refractivity contribution in [2.75, 3.05) is 6.26 Å². The lowest BCUT2D eigenvalue weighted by Crippen LogP contribution is -2.12. The van der Waals surface area contributed by atoms with Crippen LogP contribution in [0.25, 0.3) is 0 Å². The summed E-state index contributed by atoms with van der Waals surface area (Å²) in [7, 11) is -3.24. The maximum atomic E-state index is 11.6. The maximum Gasteiger partial charge on any atom is 0.338 e. The molecule has 1 aromatic rings. The Balaban J connectivity index is 2.88. The molecule has 0 aromatic heterocycles. The molecule has 0 heterocycles. The molecule has 0 spiro atoms. The first-order valence-electron chi connectivity index (χ1n) is 4.98. The highest BCUT2D eigenvalue weighted by Gasteiger charge is 2.12. The molecule has 0 N–H and O–H groups in total. The Hall–Kier alpha value is -1.62. The molecule has 17 heavy (non-hydrogen) atoms. The molecule has 0 amide bonds. The van der Waals surface area contributed by atoms with Gasteiger partial charge in [-0.3, -0.25) is 0 Å². The molecule has 1 rings (SSSR count). The number of ether oxygens (including phenoxy) is 1. The highest BCUT2D eigenvalue weighted by atomic mass is 32.2. The Labute approximate surface area is 101 Å². The van der Waals surface area contributed by atoms with Gasteiger partial charge in [0, 0.05) is 6.26 Å². The summed E-state index contributed by atoms with van der Waals surface area (Å²) in [5, 5.41) is 0. The van der Waals surface area contributed by atoms with Crippen LogP contribution in [0.5, 0.6) is 0 Å². The summed E-state index contributed by atoms with van der Waals surface area (Å²) in [6.07, 6.45) is 2.24. The van der Waals surface area contributed by atoms with E-state index in [0.717, 1.165) is 6.26 Å². The highest BCUT2D eigenvalue weighted by Crippen LogP contribution is 2.11. The molecule has 92 valence electrons. The van der Waals surface area contributed by atoms with Crippen molar-refractivity contribution < 1.29 is 17.9 Å². The molecule has 1 aromatic carbocycles. The maximum absolute atomic E-state index is 11.6. The number of carbonyl (C=O) groups is 1. The molecule has 0 bridgehead atoms. The number of hydrogen-bond donors (Lipinski definition) is 0. The van der Waals surface area contributed by atoms with Crippen LogP contribution in [0.15, 0.2) is 41.8 Å². The Kier molecular flexibility index (Phi) is 4.07. The van der Waals surface area contributed by atoms with Crippen LogP contribution in [-0.4, -0.2) is 26.7 Å². The van der Waals surface area contributed by atoms with E-state index < -0.39 is 15.8 Å². The van der Waals surface area contributed by atoms with Gasteiger partial charge in [0.15, 0.2) is 9.84 Å². The van der Waals surface area contributed by atoms with Crippen LogP contribution >= 0.6 is 0 Å². The minimum Gasteiger partial charge on any atom is -0.455 e. The summed E-state index contributed by atoms with van der Waals surface area (Å²) in [6, 6.07) is 5.61. The number of sulfone groups is 1. The molecule has 4 nitrogen and oxygen atoms in total. The van der Waals surface area contributed by atoms with Crippen LogP contribution in [0.2, 0.25) is 0 Å². The molecule has 0 aliphatic heterocycles. The van der Waals surface area contributed by atoms with Crippen LogP contribution in [0.3, 0.4) is 0 Å². The zero-order valence-electron chi connectivity index (χ0n) is 9.71. The third-order valence-corrected chi connectivity index (χ3v) is 3.27. The van der Waals surface area contributed by atoms with Crippen molar-refractivity contribution in [2.45, 2.75) is 17.9 Å². The molecule has 0 saturated carbocycles. The van der Waals surface area contributed by atoms with Gasteiger partial charge in [0.1, 0.15) is 6.10 Å². The topological polar surface area (TPSA) is 60.4 Å². The largest absolute Gasteiger partial charge is 0.455 e. The van der Waals surface area contributed by atoms with Gasteiger partial charge in [0.25, 0.3) is 0 Å². The van der Waals surface area contributed by atoms with Crippen molar-refractivity contribution in [2.24, 2.45) is 0 Å². The molecular weight excluding hydrogens is 240 g/mol. The molecule has 1 atom stereocenters. The van der Waals surface area contributed by atoms with Gasteiger partial charge in [0.2, 0.25) is 0 Å². The summed E-state index contributed by atoms with van der Waals surface area (Å²) >= 11 is 0. The average molecular weight is 254 g/mol. The summed E-state index contributed by atoms with van der Waals surface area (Å²) in [5.74, 6) is -0.502. The van der Waals surface area contributed by atoms with E-state index in [1.165, 1.54) is 30.3 Å². The fourth-order valence-corrected chi connectivity index (χ4v) is 1.75. The summed E-state index contributed by atoms with van der Waals surface area (Å²) in [5.41, 5.74) is 0.311. The van der Waals surface area contributed by atoms with E-state index >= 15 is 0 Å². The second-order valence-corrected chi connectivity index (χ2v) is 5.66. The van der Waals surface area contributed by atoms with Crippen molar-refractivity contribution in [1.82, 2.24) is 0 Å². The van der Waals surface area contributed by atoms with E-state index in [1.807, 2.05) is 0 Å². The molecule has 0 aliphatic carbocycles. The fourth-order valence-electron chi connectivity index (χ4n) is 1.12. The van der Waals surface area contributed by atoms with Crippen LogP contribution in [-0.2, 0) is 14.6 Å². The number of benzene rings is 1. The van der Waals surface area contributed by atoms with Gasteiger partial charge in [-0.1, -0.05) is 12.7 Å². The molecule has 0 saturated heterocycles. The minimum atomic E-state index is -3.24. The monoisotopic (exact) mass is 254 g/mol. The third kappa shape index (κ3) is 3.71. The van der Waals surface area contributed by atoms with Crippen molar-refractivity contribution >= 4 is 15.8 Å². The molecule has 0 radical (unpaired) electrons. The summed E-state index contributed by atoms with van der Waals surface area (Å²) in [4.78, 5) is 11.7. The Morgan fingerprint density at radius 1 is 1.35 bits per heavy atom. The van der Waals surface area contributed by atoms with E-state index in [9.17, 15) is 13.2 Å². The lowest BCUT2D eigenvalue weighted by molar-refractivity contribution is 0.0425. The van der Waals surface area contributed by atoms with E-state index in [4.69, 9.17) is 4.74 Å². The van der Waals surface area contributed by atoms with Crippen molar-refractivity contribution in [3.8, 4) is 0 Å². The number of hydrogen-bond acceptors (Lipinski definition) is 4. The molecule has 0 fully saturated rings. The number of esters is 1. The molecule has 0 unspecified atom stereocenters. The van der Waals surface area contributed by atoms with E-state index in [-0.39, 0.29) is 11.0 Å². The number of carbonyl (C=O) groups excluding carboxylic acids is 1. The van der Waals surface area contributed by atoms with Crippen molar-refractivity contribution in [1.29, 1.82) is 0 Å². The zero-order chi connectivity index (χ0) is 13.1. The summed E-state index contributed by atoms with van der Waals surface area (Å²) in [6.45, 7) is 5.19. The third-order valence-electron chi connectivity index (χ3n) is 2.14. The highest BCUT2D eigenvalue weighted by molar-refractivity contribution is 7.90. The van der Waals surface area contributed by atoms with E-state index in [0.29, 0.717) is 5.56 Å². The van der Waals surface area contributed by atoms with Gasteiger partial charge in [-0.15, -0.1) is 0 Å². The first-order chi connectivity index (χ1) is 7.84. The standard InChI is InChI=1S/C12H14O4S/c1-4-9(2)16-12(13)10-5-7-11(8-6-10)17(3,14)15/h4-9H,1H2,2-3H3/t9-/m1/s1. The Morgan fingerprint density at radius 3 is 2.29 bits per heavy atom.